The van der Waals surface area contributed by atoms with Crippen molar-refractivity contribution in [1.29, 1.82) is 0 Å². The van der Waals surface area contributed by atoms with Gasteiger partial charge in [-0.1, -0.05) is 11.6 Å². The predicted molar refractivity (Wildman–Crippen MR) is 126 cm³/mol. The largest absolute Gasteiger partial charge is 0.479 e. The Morgan fingerprint density at radius 3 is 2.22 bits per heavy atom. The highest BCUT2D eigenvalue weighted by Crippen LogP contribution is 2.50. The molecule has 0 amide bonds. The highest BCUT2D eigenvalue weighted by atomic mass is 35.5. The average Bonchev–Trinajstić information content (AvgIpc) is 3.25. The van der Waals surface area contributed by atoms with E-state index < -0.39 is 39.2 Å². The Hall–Kier alpha value is -3.24. The number of halogens is 3. The number of rotatable bonds is 10. The number of nitrogens with zero attached hydrogens (tertiary/aromatic N) is 7. The summed E-state index contributed by atoms with van der Waals surface area (Å²) in [5.41, 5.74) is -0.0510. The molecule has 0 aromatic carbocycles. The molecule has 37 heavy (non-hydrogen) atoms. The summed E-state index contributed by atoms with van der Waals surface area (Å²) in [7, 11) is -0.407. The molecule has 0 unspecified atom stereocenters. The van der Waals surface area contributed by atoms with Gasteiger partial charge in [0.25, 0.3) is 5.92 Å². The number of alkyl halides is 2. The van der Waals surface area contributed by atoms with Crippen LogP contribution in [0.5, 0.6) is 11.8 Å². The van der Waals surface area contributed by atoms with Crippen LogP contribution >= 0.6 is 11.6 Å². The van der Waals surface area contributed by atoms with Crippen LogP contribution in [0.4, 0.5) is 14.7 Å². The van der Waals surface area contributed by atoms with E-state index >= 15 is 0 Å². The van der Waals surface area contributed by atoms with Gasteiger partial charge in [0.05, 0.1) is 25.2 Å². The molecule has 3 heterocycles. The molecule has 3 atom stereocenters. The van der Waals surface area contributed by atoms with Gasteiger partial charge in [0.2, 0.25) is 27.7 Å². The van der Waals surface area contributed by atoms with Gasteiger partial charge in [-0.2, -0.15) is 9.97 Å². The molecule has 17 heteroatoms. The van der Waals surface area contributed by atoms with E-state index in [1.165, 1.54) is 40.6 Å². The van der Waals surface area contributed by atoms with E-state index in [1.54, 1.807) is 0 Å². The molecule has 0 aliphatic heterocycles. The minimum atomic E-state index is -4.30. The smallest absolute Gasteiger partial charge is 0.258 e. The number of sulfonamides is 1. The van der Waals surface area contributed by atoms with Crippen LogP contribution < -0.4 is 14.2 Å². The van der Waals surface area contributed by atoms with Gasteiger partial charge in [-0.15, -0.1) is 10.2 Å². The van der Waals surface area contributed by atoms with Crippen LogP contribution in [0.3, 0.4) is 0 Å². The van der Waals surface area contributed by atoms with E-state index in [-0.39, 0.29) is 47.0 Å². The van der Waals surface area contributed by atoms with E-state index in [0.29, 0.717) is 0 Å². The summed E-state index contributed by atoms with van der Waals surface area (Å²) in [5, 5.41) is 6.78. The molecule has 1 aliphatic rings. The maximum Gasteiger partial charge on any atom is 0.258 e. The molecule has 3 aromatic heterocycles. The van der Waals surface area contributed by atoms with Gasteiger partial charge in [0.1, 0.15) is 23.5 Å². The average molecular weight is 561 g/mol. The lowest BCUT2D eigenvalue weighted by Crippen LogP contribution is -2.38. The number of hydrogen-bond acceptors (Lipinski definition) is 11. The molecule has 0 radical (unpaired) electrons. The Kier molecular flexibility index (Phi) is 7.43. The Morgan fingerprint density at radius 1 is 1.11 bits per heavy atom. The lowest BCUT2D eigenvalue weighted by atomic mass is 9.80. The first kappa shape index (κ1) is 26.8. The lowest BCUT2D eigenvalue weighted by Gasteiger charge is -2.35. The molecular formula is C20H23ClF2N8O5S. The molecule has 13 nitrogen and oxygen atoms in total. The summed E-state index contributed by atoms with van der Waals surface area (Å²) in [6.45, 7) is 1.36. The van der Waals surface area contributed by atoms with Crippen molar-refractivity contribution in [2.45, 2.75) is 43.0 Å². The summed E-state index contributed by atoms with van der Waals surface area (Å²) in [4.78, 5) is 16.1. The molecular weight excluding hydrogens is 538 g/mol. The van der Waals surface area contributed by atoms with Crippen molar-refractivity contribution in [3.05, 3.63) is 35.4 Å². The standard InChI is InChI=1S/C20H23ClF2N8O5S/c1-10(14(34-2)15-24-7-11(21)8-25-15)37(32,33)30-19-29-28-16(12-5-6-20(12,22)23)31(19)13-17(35-3)26-9-27-18(13)36-4/h7-10,12,14H,5-6H2,1-4H3,(H,29,30)/t10-,12-,14-/m0/s1. The first-order valence-electron chi connectivity index (χ1n) is 10.8. The van der Waals surface area contributed by atoms with Crippen LogP contribution in [-0.4, -0.2) is 75.6 Å². The van der Waals surface area contributed by atoms with E-state index in [9.17, 15) is 17.2 Å². The summed E-state index contributed by atoms with van der Waals surface area (Å²) in [6, 6.07) is 0. The third-order valence-electron chi connectivity index (χ3n) is 5.94. The fraction of sp³-hybridized carbons (Fsp3) is 0.500. The summed E-state index contributed by atoms with van der Waals surface area (Å²) >= 11 is 5.83. The predicted octanol–water partition coefficient (Wildman–Crippen LogP) is 2.55. The van der Waals surface area contributed by atoms with E-state index in [0.717, 1.165) is 10.9 Å². The maximum absolute atomic E-state index is 14.4. The third kappa shape index (κ3) is 5.00. The third-order valence-corrected chi connectivity index (χ3v) is 7.83. The van der Waals surface area contributed by atoms with Gasteiger partial charge in [-0.25, -0.2) is 27.2 Å². The first-order valence-corrected chi connectivity index (χ1v) is 12.7. The van der Waals surface area contributed by atoms with Gasteiger partial charge >= 0.3 is 0 Å². The SMILES string of the molecule is COc1ncnc(OC)c1-n1c(NS(=O)(=O)[C@@H](C)[C@H](OC)c2ncc(Cl)cn2)nnc1[C@@H]1CCC1(F)F. The topological polar surface area (TPSA) is 156 Å². The van der Waals surface area contributed by atoms with E-state index in [1.807, 2.05) is 0 Å². The van der Waals surface area contributed by atoms with Crippen LogP contribution in [0.15, 0.2) is 18.7 Å². The Labute approximate surface area is 215 Å². The highest BCUT2D eigenvalue weighted by molar-refractivity contribution is 7.93. The summed E-state index contributed by atoms with van der Waals surface area (Å²) < 4.78 is 75.1. The van der Waals surface area contributed by atoms with Crippen LogP contribution in [0.2, 0.25) is 5.02 Å². The number of ether oxygens (including phenoxy) is 3. The minimum Gasteiger partial charge on any atom is -0.479 e. The second kappa shape index (κ2) is 10.3. The molecule has 3 aromatic rings. The Morgan fingerprint density at radius 2 is 1.73 bits per heavy atom. The van der Waals surface area contributed by atoms with Crippen molar-refractivity contribution in [2.75, 3.05) is 26.1 Å². The normalized spacial score (nSPS) is 18.5. The van der Waals surface area contributed by atoms with Crippen LogP contribution in [0.25, 0.3) is 5.69 Å². The second-order valence-electron chi connectivity index (χ2n) is 8.08. The van der Waals surface area contributed by atoms with Gasteiger partial charge in [0, 0.05) is 25.9 Å². The number of aromatic nitrogens is 7. The number of anilines is 1. The Balaban J connectivity index is 1.80. The first-order chi connectivity index (χ1) is 17.5. The summed E-state index contributed by atoms with van der Waals surface area (Å²) in [6.07, 6.45) is 2.40. The molecule has 0 spiro atoms. The summed E-state index contributed by atoms with van der Waals surface area (Å²) in [5.74, 6) is -5.10. The van der Waals surface area contributed by atoms with Gasteiger partial charge in [-0.3, -0.25) is 9.29 Å². The number of methoxy groups -OCH3 is 3. The quantitative estimate of drug-likeness (QED) is 0.388. The monoisotopic (exact) mass is 560 g/mol. The zero-order valence-electron chi connectivity index (χ0n) is 20.1. The van der Waals surface area contributed by atoms with Crippen molar-refractivity contribution < 1.29 is 31.4 Å². The zero-order chi connectivity index (χ0) is 27.0. The Bertz CT molecular complexity index is 1350. The minimum absolute atomic E-state index is 0.0510. The van der Waals surface area contributed by atoms with Crippen LogP contribution in [0, 0.1) is 0 Å². The molecule has 1 aliphatic carbocycles. The molecule has 0 bridgehead atoms. The van der Waals surface area contributed by atoms with Crippen LogP contribution in [-0.2, 0) is 14.8 Å². The molecule has 1 N–H and O–H groups in total. The van der Waals surface area contributed by atoms with E-state index in [2.05, 4.69) is 34.9 Å². The van der Waals surface area contributed by atoms with Crippen LogP contribution in [0.1, 0.15) is 43.4 Å². The van der Waals surface area contributed by atoms with Gasteiger partial charge < -0.3 is 14.2 Å². The van der Waals surface area contributed by atoms with Crippen molar-refractivity contribution >= 4 is 27.6 Å². The molecule has 200 valence electrons. The fourth-order valence-corrected chi connectivity index (χ4v) is 5.06. The van der Waals surface area contributed by atoms with Gasteiger partial charge in [-0.05, 0) is 13.3 Å². The number of nitrogens with one attached hydrogen (secondary N) is 1. The lowest BCUT2D eigenvalue weighted by molar-refractivity contribution is -0.0994. The van der Waals surface area contributed by atoms with Crippen molar-refractivity contribution in [2.24, 2.45) is 0 Å². The maximum atomic E-state index is 14.4. The van der Waals surface area contributed by atoms with Gasteiger partial charge in [0.15, 0.2) is 11.5 Å². The molecule has 4 rings (SSSR count). The molecule has 1 fully saturated rings. The zero-order valence-corrected chi connectivity index (χ0v) is 21.7. The molecule has 0 saturated heterocycles. The fourth-order valence-electron chi connectivity index (χ4n) is 3.83. The van der Waals surface area contributed by atoms with Crippen molar-refractivity contribution in [3.8, 4) is 17.4 Å². The van der Waals surface area contributed by atoms with E-state index in [4.69, 9.17) is 25.8 Å². The molecule has 1 saturated carbocycles. The number of hydrogen-bond donors (Lipinski definition) is 1. The van der Waals surface area contributed by atoms with Crippen molar-refractivity contribution in [3.63, 3.8) is 0 Å². The second-order valence-corrected chi connectivity index (χ2v) is 10.6. The van der Waals surface area contributed by atoms with Crippen molar-refractivity contribution in [1.82, 2.24) is 34.7 Å². The highest BCUT2D eigenvalue weighted by Gasteiger charge is 2.52.